The lowest BCUT2D eigenvalue weighted by Gasteiger charge is -2.32. The van der Waals surface area contributed by atoms with Crippen molar-refractivity contribution >= 4 is 23.5 Å². The fourth-order valence-electron chi connectivity index (χ4n) is 1.90. The average Bonchev–Trinajstić information content (AvgIpc) is 2.16. The number of nitrogens with one attached hydrogen (secondary N) is 1. The van der Waals surface area contributed by atoms with E-state index < -0.39 is 5.60 Å². The number of aliphatic hydroxyl groups is 1. The molecular formula is C11H23NOS2. The maximum atomic E-state index is 10.0. The summed E-state index contributed by atoms with van der Waals surface area (Å²) >= 11 is 3.74. The molecule has 0 radical (unpaired) electrons. The van der Waals surface area contributed by atoms with E-state index in [1.807, 2.05) is 24.9 Å². The van der Waals surface area contributed by atoms with E-state index >= 15 is 0 Å². The Balaban J connectivity index is 2.28. The second-order valence-electron chi connectivity index (χ2n) is 4.64. The van der Waals surface area contributed by atoms with Gasteiger partial charge in [0.1, 0.15) is 0 Å². The third-order valence-corrected chi connectivity index (χ3v) is 5.10. The molecule has 0 aromatic heterocycles. The lowest BCUT2D eigenvalue weighted by Crippen LogP contribution is -2.48. The molecule has 2 nitrogen and oxygen atoms in total. The molecule has 0 saturated carbocycles. The van der Waals surface area contributed by atoms with Crippen molar-refractivity contribution in [2.75, 3.05) is 24.3 Å². The largest absolute Gasteiger partial charge is 0.388 e. The van der Waals surface area contributed by atoms with Crippen LogP contribution in [0.2, 0.25) is 0 Å². The second-order valence-corrected chi connectivity index (χ2v) is 6.99. The molecule has 3 atom stereocenters. The summed E-state index contributed by atoms with van der Waals surface area (Å²) in [5.74, 6) is 2.09. The Morgan fingerprint density at radius 2 is 2.33 bits per heavy atom. The molecule has 0 aromatic rings. The predicted molar refractivity (Wildman–Crippen MR) is 72.0 cm³/mol. The van der Waals surface area contributed by atoms with Crippen molar-refractivity contribution in [3.8, 4) is 0 Å². The molecule has 90 valence electrons. The first kappa shape index (κ1) is 13.7. The van der Waals surface area contributed by atoms with Gasteiger partial charge in [0.05, 0.1) is 5.60 Å². The van der Waals surface area contributed by atoms with Crippen LogP contribution in [0, 0.1) is 0 Å². The molecule has 0 aliphatic carbocycles. The summed E-state index contributed by atoms with van der Waals surface area (Å²) < 4.78 is 0. The Kier molecular flexibility index (Phi) is 5.82. The molecule has 1 heterocycles. The van der Waals surface area contributed by atoms with Gasteiger partial charge in [0.2, 0.25) is 0 Å². The Hall–Kier alpha value is 0.620. The first-order chi connectivity index (χ1) is 7.05. The minimum atomic E-state index is -0.568. The van der Waals surface area contributed by atoms with E-state index in [0.717, 1.165) is 5.75 Å². The summed E-state index contributed by atoms with van der Waals surface area (Å²) in [6.45, 7) is 4.91. The number of rotatable bonds is 5. The van der Waals surface area contributed by atoms with Crippen molar-refractivity contribution in [3.05, 3.63) is 0 Å². The Morgan fingerprint density at radius 1 is 1.60 bits per heavy atom. The molecule has 2 N–H and O–H groups in total. The van der Waals surface area contributed by atoms with Gasteiger partial charge in [-0.25, -0.2) is 0 Å². The van der Waals surface area contributed by atoms with Gasteiger partial charge >= 0.3 is 0 Å². The first-order valence-corrected chi connectivity index (χ1v) is 8.06. The molecule has 1 aliphatic rings. The van der Waals surface area contributed by atoms with E-state index in [-0.39, 0.29) is 0 Å². The summed E-state index contributed by atoms with van der Waals surface area (Å²) in [6.07, 6.45) is 4.59. The van der Waals surface area contributed by atoms with E-state index in [1.165, 1.54) is 18.6 Å². The van der Waals surface area contributed by atoms with Gasteiger partial charge in [-0.2, -0.15) is 23.5 Å². The highest BCUT2D eigenvalue weighted by molar-refractivity contribution is 8.00. The predicted octanol–water partition coefficient (Wildman–Crippen LogP) is 1.97. The van der Waals surface area contributed by atoms with Gasteiger partial charge in [0, 0.05) is 23.6 Å². The lowest BCUT2D eigenvalue weighted by atomic mass is 10.1. The molecule has 1 rings (SSSR count). The van der Waals surface area contributed by atoms with E-state index in [4.69, 9.17) is 0 Å². The Labute approximate surface area is 102 Å². The quantitative estimate of drug-likeness (QED) is 0.780. The SMILES string of the molecule is CSCC(C)(O)CNC1CCCSC1C. The van der Waals surface area contributed by atoms with Gasteiger partial charge < -0.3 is 10.4 Å². The molecule has 0 bridgehead atoms. The fourth-order valence-corrected chi connectivity index (χ4v) is 3.80. The number of thioether (sulfide) groups is 2. The van der Waals surface area contributed by atoms with Crippen LogP contribution in [-0.2, 0) is 0 Å². The Morgan fingerprint density at radius 3 is 2.93 bits per heavy atom. The second kappa shape index (κ2) is 6.38. The van der Waals surface area contributed by atoms with Gasteiger partial charge in [-0.1, -0.05) is 6.92 Å². The van der Waals surface area contributed by atoms with Crippen molar-refractivity contribution in [2.24, 2.45) is 0 Å². The fraction of sp³-hybridized carbons (Fsp3) is 1.00. The number of hydrogen-bond donors (Lipinski definition) is 2. The molecule has 15 heavy (non-hydrogen) atoms. The van der Waals surface area contributed by atoms with Crippen molar-refractivity contribution < 1.29 is 5.11 Å². The molecule has 3 unspecified atom stereocenters. The average molecular weight is 249 g/mol. The van der Waals surface area contributed by atoms with Gasteiger partial charge in [-0.15, -0.1) is 0 Å². The Bertz CT molecular complexity index is 187. The van der Waals surface area contributed by atoms with E-state index in [9.17, 15) is 5.11 Å². The van der Waals surface area contributed by atoms with E-state index in [1.54, 1.807) is 11.8 Å². The van der Waals surface area contributed by atoms with Crippen molar-refractivity contribution in [1.82, 2.24) is 5.32 Å². The molecular weight excluding hydrogens is 226 g/mol. The summed E-state index contributed by atoms with van der Waals surface area (Å²) in [7, 11) is 0. The summed E-state index contributed by atoms with van der Waals surface area (Å²) in [4.78, 5) is 0. The summed E-state index contributed by atoms with van der Waals surface area (Å²) in [5, 5.41) is 14.2. The molecule has 0 amide bonds. The molecule has 0 spiro atoms. The van der Waals surface area contributed by atoms with Gasteiger partial charge in [0.15, 0.2) is 0 Å². The van der Waals surface area contributed by atoms with Gasteiger partial charge in [-0.3, -0.25) is 0 Å². The molecule has 1 saturated heterocycles. The minimum absolute atomic E-state index is 0.568. The van der Waals surface area contributed by atoms with Crippen molar-refractivity contribution in [2.45, 2.75) is 43.6 Å². The highest BCUT2D eigenvalue weighted by atomic mass is 32.2. The van der Waals surface area contributed by atoms with Crippen LogP contribution in [0.3, 0.4) is 0 Å². The van der Waals surface area contributed by atoms with Crippen LogP contribution >= 0.6 is 23.5 Å². The van der Waals surface area contributed by atoms with Crippen LogP contribution in [-0.4, -0.2) is 46.3 Å². The van der Waals surface area contributed by atoms with E-state index in [0.29, 0.717) is 17.8 Å². The summed E-state index contributed by atoms with van der Waals surface area (Å²) in [6, 6.07) is 0.581. The van der Waals surface area contributed by atoms with Crippen LogP contribution in [0.5, 0.6) is 0 Å². The van der Waals surface area contributed by atoms with Crippen LogP contribution in [0.4, 0.5) is 0 Å². The zero-order valence-electron chi connectivity index (χ0n) is 9.95. The lowest BCUT2D eigenvalue weighted by molar-refractivity contribution is 0.0809. The van der Waals surface area contributed by atoms with Crippen molar-refractivity contribution in [3.63, 3.8) is 0 Å². The van der Waals surface area contributed by atoms with Crippen LogP contribution in [0.25, 0.3) is 0 Å². The third-order valence-electron chi connectivity index (χ3n) is 2.81. The van der Waals surface area contributed by atoms with Gasteiger partial charge in [0.25, 0.3) is 0 Å². The monoisotopic (exact) mass is 249 g/mol. The summed E-state index contributed by atoms with van der Waals surface area (Å²) in [5.41, 5.74) is -0.568. The molecule has 1 fully saturated rings. The smallest absolute Gasteiger partial charge is 0.0833 e. The van der Waals surface area contributed by atoms with Crippen LogP contribution in [0.1, 0.15) is 26.7 Å². The maximum Gasteiger partial charge on any atom is 0.0833 e. The highest BCUT2D eigenvalue weighted by Crippen LogP contribution is 2.25. The standard InChI is InChI=1S/C11H23NOS2/c1-9-10(5-4-6-15-9)12-7-11(2,13)8-14-3/h9-10,12-13H,4-8H2,1-3H3. The third kappa shape index (κ3) is 4.98. The normalized spacial score (nSPS) is 31.2. The molecule has 1 aliphatic heterocycles. The maximum absolute atomic E-state index is 10.0. The first-order valence-electron chi connectivity index (χ1n) is 5.61. The molecule has 0 aromatic carbocycles. The topological polar surface area (TPSA) is 32.3 Å². The van der Waals surface area contributed by atoms with Crippen LogP contribution < -0.4 is 5.32 Å². The minimum Gasteiger partial charge on any atom is -0.388 e. The zero-order valence-corrected chi connectivity index (χ0v) is 11.6. The zero-order chi connectivity index (χ0) is 11.3. The van der Waals surface area contributed by atoms with Crippen molar-refractivity contribution in [1.29, 1.82) is 0 Å². The highest BCUT2D eigenvalue weighted by Gasteiger charge is 2.25. The molecule has 4 heteroatoms. The number of hydrogen-bond acceptors (Lipinski definition) is 4. The van der Waals surface area contributed by atoms with Crippen LogP contribution in [0.15, 0.2) is 0 Å². The van der Waals surface area contributed by atoms with Gasteiger partial charge in [-0.05, 0) is 31.8 Å². The van der Waals surface area contributed by atoms with E-state index in [2.05, 4.69) is 12.2 Å².